The normalized spacial score (nSPS) is 10.9. The highest BCUT2D eigenvalue weighted by Crippen LogP contribution is 2.30. The highest BCUT2D eigenvalue weighted by molar-refractivity contribution is 14.1. The van der Waals surface area contributed by atoms with E-state index in [-0.39, 0.29) is 0 Å². The van der Waals surface area contributed by atoms with Crippen molar-refractivity contribution in [3.8, 4) is 11.3 Å². The molecule has 2 nitrogen and oxygen atoms in total. The molecule has 0 atom stereocenters. The zero-order valence-electron chi connectivity index (χ0n) is 9.57. The average molecular weight is 492 g/mol. The van der Waals surface area contributed by atoms with E-state index in [9.17, 15) is 0 Å². The van der Waals surface area contributed by atoms with Crippen LogP contribution in [0.1, 0.15) is 0 Å². The van der Waals surface area contributed by atoms with Gasteiger partial charge in [-0.25, -0.2) is 9.97 Å². The van der Waals surface area contributed by atoms with E-state index in [0.717, 1.165) is 20.2 Å². The van der Waals surface area contributed by atoms with Crippen LogP contribution in [-0.2, 0) is 0 Å². The van der Waals surface area contributed by atoms with Gasteiger partial charge in [0.25, 0.3) is 0 Å². The molecule has 0 saturated carbocycles. The van der Waals surface area contributed by atoms with Gasteiger partial charge in [0.2, 0.25) is 0 Å². The molecule has 0 saturated heterocycles. The molecular weight excluding hydrogens is 485 g/mol. The first-order chi connectivity index (χ1) is 9.15. The Morgan fingerprint density at radius 2 is 1.89 bits per heavy atom. The fourth-order valence-electron chi connectivity index (χ4n) is 1.85. The lowest BCUT2D eigenvalue weighted by Crippen LogP contribution is -1.91. The monoisotopic (exact) mass is 492 g/mol. The van der Waals surface area contributed by atoms with Gasteiger partial charge in [0, 0.05) is 24.3 Å². The Morgan fingerprint density at radius 1 is 1.05 bits per heavy atom. The summed E-state index contributed by atoms with van der Waals surface area (Å²) in [5.41, 5.74) is 2.63. The molecule has 94 valence electrons. The van der Waals surface area contributed by atoms with Gasteiger partial charge in [0.15, 0.2) is 5.65 Å². The Hall–Kier alpha value is -0.470. The van der Waals surface area contributed by atoms with Crippen LogP contribution in [0, 0.1) is 7.14 Å². The molecule has 0 spiro atoms. The number of benzene rings is 1. The summed E-state index contributed by atoms with van der Waals surface area (Å²) in [6.45, 7) is 0. The number of halogens is 3. The van der Waals surface area contributed by atoms with Crippen molar-refractivity contribution in [1.29, 1.82) is 0 Å². The van der Waals surface area contributed by atoms with Crippen molar-refractivity contribution in [2.45, 2.75) is 0 Å². The first-order valence-electron chi connectivity index (χ1n) is 5.52. The Morgan fingerprint density at radius 3 is 2.74 bits per heavy atom. The summed E-state index contributed by atoms with van der Waals surface area (Å²) < 4.78 is 2.32. The second-order valence-electron chi connectivity index (χ2n) is 3.99. The minimum Gasteiger partial charge on any atom is -0.237 e. The number of hydrogen-bond acceptors (Lipinski definition) is 2. The lowest BCUT2D eigenvalue weighted by atomic mass is 10.1. The van der Waals surface area contributed by atoms with E-state index in [0.29, 0.717) is 10.7 Å². The molecular formula is C14H7ClI2N2. The quantitative estimate of drug-likeness (QED) is 0.439. The molecule has 0 aliphatic rings. The van der Waals surface area contributed by atoms with E-state index in [1.807, 2.05) is 18.2 Å². The van der Waals surface area contributed by atoms with Crippen molar-refractivity contribution >= 4 is 67.8 Å². The topological polar surface area (TPSA) is 25.8 Å². The maximum Gasteiger partial charge on any atom is 0.161 e. The molecule has 5 heteroatoms. The van der Waals surface area contributed by atoms with Gasteiger partial charge in [-0.15, -0.1) is 0 Å². The van der Waals surface area contributed by atoms with Gasteiger partial charge >= 0.3 is 0 Å². The molecule has 0 bridgehead atoms. The molecule has 19 heavy (non-hydrogen) atoms. The van der Waals surface area contributed by atoms with Crippen molar-refractivity contribution < 1.29 is 0 Å². The summed E-state index contributed by atoms with van der Waals surface area (Å²) in [5, 5.41) is 1.57. The van der Waals surface area contributed by atoms with E-state index in [1.54, 1.807) is 6.20 Å². The molecule has 0 unspecified atom stereocenters. The van der Waals surface area contributed by atoms with E-state index in [4.69, 9.17) is 11.6 Å². The van der Waals surface area contributed by atoms with Crippen molar-refractivity contribution in [3.05, 3.63) is 54.8 Å². The zero-order valence-corrected chi connectivity index (χ0v) is 14.6. The minimum absolute atomic E-state index is 0.680. The molecule has 0 N–H and O–H groups in total. The molecule has 1 aromatic carbocycles. The van der Waals surface area contributed by atoms with Crippen molar-refractivity contribution in [3.63, 3.8) is 0 Å². The molecule has 0 fully saturated rings. The number of rotatable bonds is 1. The van der Waals surface area contributed by atoms with E-state index >= 15 is 0 Å². The lowest BCUT2D eigenvalue weighted by molar-refractivity contribution is 1.28. The predicted octanol–water partition coefficient (Wildman–Crippen LogP) is 5.16. The zero-order chi connectivity index (χ0) is 13.4. The van der Waals surface area contributed by atoms with Crippen molar-refractivity contribution in [1.82, 2.24) is 9.97 Å². The van der Waals surface area contributed by atoms with Crippen LogP contribution in [0.25, 0.3) is 22.3 Å². The molecule has 0 aliphatic carbocycles. The summed E-state index contributed by atoms with van der Waals surface area (Å²) in [6, 6.07) is 12.0. The number of aromatic nitrogens is 2. The second kappa shape index (κ2) is 5.49. The molecule has 3 aromatic rings. The molecule has 2 heterocycles. The third kappa shape index (κ3) is 2.71. The van der Waals surface area contributed by atoms with Crippen LogP contribution in [-0.4, -0.2) is 9.97 Å². The fourth-order valence-corrected chi connectivity index (χ4v) is 3.20. The summed E-state index contributed by atoms with van der Waals surface area (Å²) in [5.74, 6) is 0. The Balaban J connectivity index is 2.28. The van der Waals surface area contributed by atoms with Gasteiger partial charge in [-0.2, -0.15) is 0 Å². The summed E-state index contributed by atoms with van der Waals surface area (Å²) in [6.07, 6.45) is 1.73. The third-order valence-electron chi connectivity index (χ3n) is 2.74. The molecule has 2 aromatic heterocycles. The molecule has 3 rings (SSSR count). The number of pyridine rings is 2. The van der Waals surface area contributed by atoms with Crippen LogP contribution in [0.5, 0.6) is 0 Å². The molecule has 0 aliphatic heterocycles. The third-order valence-corrected chi connectivity index (χ3v) is 4.66. The first kappa shape index (κ1) is 13.5. The van der Waals surface area contributed by atoms with Crippen LogP contribution < -0.4 is 0 Å². The maximum atomic E-state index is 6.32. The smallest absolute Gasteiger partial charge is 0.161 e. The highest BCUT2D eigenvalue weighted by Gasteiger charge is 2.09. The predicted molar refractivity (Wildman–Crippen MR) is 95.4 cm³/mol. The lowest BCUT2D eigenvalue weighted by Gasteiger charge is -2.07. The van der Waals surface area contributed by atoms with Crippen LogP contribution in [0.15, 0.2) is 42.6 Å². The molecule has 0 radical (unpaired) electrons. The van der Waals surface area contributed by atoms with Gasteiger partial charge in [0.05, 0.1) is 10.7 Å². The summed E-state index contributed by atoms with van der Waals surface area (Å²) in [4.78, 5) is 8.88. The minimum atomic E-state index is 0.680. The van der Waals surface area contributed by atoms with Gasteiger partial charge in [-0.1, -0.05) is 11.6 Å². The van der Waals surface area contributed by atoms with Crippen molar-refractivity contribution in [2.24, 2.45) is 0 Å². The van der Waals surface area contributed by atoms with E-state index in [2.05, 4.69) is 73.3 Å². The fraction of sp³-hybridized carbons (Fsp3) is 0. The SMILES string of the molecule is Clc1cc(-c2cc(I)ccc2I)nc2ncccc12. The first-order valence-corrected chi connectivity index (χ1v) is 8.05. The van der Waals surface area contributed by atoms with Crippen LogP contribution in [0.3, 0.4) is 0 Å². The number of hydrogen-bond donors (Lipinski definition) is 0. The second-order valence-corrected chi connectivity index (χ2v) is 6.80. The highest BCUT2D eigenvalue weighted by atomic mass is 127. The maximum absolute atomic E-state index is 6.32. The van der Waals surface area contributed by atoms with Crippen LogP contribution in [0.2, 0.25) is 5.02 Å². The number of fused-ring (bicyclic) bond motifs is 1. The Labute approximate surface area is 142 Å². The average Bonchev–Trinajstić information content (AvgIpc) is 2.41. The Bertz CT molecular complexity index is 774. The van der Waals surface area contributed by atoms with Crippen LogP contribution >= 0.6 is 56.8 Å². The summed E-state index contributed by atoms with van der Waals surface area (Å²) >= 11 is 10.9. The largest absolute Gasteiger partial charge is 0.237 e. The number of nitrogens with zero attached hydrogens (tertiary/aromatic N) is 2. The standard InChI is InChI=1S/C14H7ClI2N2/c15-11-7-13(10-6-8(16)3-4-12(10)17)19-14-9(11)2-1-5-18-14/h1-7H. The van der Waals surface area contributed by atoms with Gasteiger partial charge in [-0.3, -0.25) is 0 Å². The Kier molecular flexibility index (Phi) is 3.91. The molecule has 0 amide bonds. The van der Waals surface area contributed by atoms with Crippen molar-refractivity contribution in [2.75, 3.05) is 0 Å². The summed E-state index contributed by atoms with van der Waals surface area (Å²) in [7, 11) is 0. The van der Waals surface area contributed by atoms with E-state index < -0.39 is 0 Å². The van der Waals surface area contributed by atoms with Crippen LogP contribution in [0.4, 0.5) is 0 Å². The van der Waals surface area contributed by atoms with Gasteiger partial charge in [-0.05, 0) is 81.6 Å². The van der Waals surface area contributed by atoms with Gasteiger partial charge < -0.3 is 0 Å². The van der Waals surface area contributed by atoms with E-state index in [1.165, 1.54) is 3.57 Å². The van der Waals surface area contributed by atoms with Gasteiger partial charge in [0.1, 0.15) is 0 Å².